The Morgan fingerprint density at radius 1 is 0.824 bits per heavy atom. The summed E-state index contributed by atoms with van der Waals surface area (Å²) in [5.41, 5.74) is 0. The minimum atomic E-state index is -6.13. The molecule has 2 unspecified atom stereocenters. The number of alkyl halides is 10. The normalized spacial score (nSPS) is 18.0. The third kappa shape index (κ3) is 4.56. The van der Waals surface area contributed by atoms with Crippen LogP contribution in [-0.4, -0.2) is 37.4 Å². The molecule has 1 nitrogen and oxygen atoms in total. The molecule has 0 heterocycles. The molecular formula is C6H4F10O. The number of ether oxygens (including phenoxy) is 1. The van der Waals surface area contributed by atoms with E-state index in [1.807, 2.05) is 0 Å². The molecule has 0 aliphatic carbocycles. The van der Waals surface area contributed by atoms with E-state index in [9.17, 15) is 43.9 Å². The lowest BCUT2D eigenvalue weighted by atomic mass is 10.3. The van der Waals surface area contributed by atoms with Crippen LogP contribution in [0.1, 0.15) is 0 Å². The Bertz CT molecular complexity index is 242. The minimum absolute atomic E-state index is 2.74. The van der Waals surface area contributed by atoms with Crippen molar-refractivity contribution in [3.63, 3.8) is 0 Å². The highest BCUT2D eigenvalue weighted by molar-refractivity contribution is 4.77. The highest BCUT2D eigenvalue weighted by Gasteiger charge is 2.58. The summed E-state index contributed by atoms with van der Waals surface area (Å²) in [5.74, 6) is -5.57. The van der Waals surface area contributed by atoms with Gasteiger partial charge in [0.15, 0.2) is 0 Å². The molecule has 0 radical (unpaired) electrons. The van der Waals surface area contributed by atoms with Gasteiger partial charge >= 0.3 is 18.3 Å². The predicted molar refractivity (Wildman–Crippen MR) is 32.8 cm³/mol. The number of halogens is 10. The molecule has 0 aromatic carbocycles. The average molecular weight is 282 g/mol. The van der Waals surface area contributed by atoms with Crippen molar-refractivity contribution in [2.45, 2.75) is 30.8 Å². The molecule has 2 atom stereocenters. The van der Waals surface area contributed by atoms with Crippen LogP contribution < -0.4 is 0 Å². The summed E-state index contributed by atoms with van der Waals surface area (Å²) in [6, 6.07) is 0. The molecule has 0 saturated heterocycles. The first-order valence-electron chi connectivity index (χ1n) is 3.70. The van der Waals surface area contributed by atoms with Crippen LogP contribution in [0.4, 0.5) is 43.9 Å². The van der Waals surface area contributed by atoms with Crippen molar-refractivity contribution in [3.05, 3.63) is 0 Å². The van der Waals surface area contributed by atoms with Gasteiger partial charge in [-0.15, -0.1) is 0 Å². The van der Waals surface area contributed by atoms with Crippen molar-refractivity contribution < 1.29 is 48.6 Å². The van der Waals surface area contributed by atoms with Crippen molar-refractivity contribution in [1.29, 1.82) is 0 Å². The lowest BCUT2D eigenvalue weighted by molar-refractivity contribution is -0.313. The maximum atomic E-state index is 12.2. The molecule has 0 aliphatic heterocycles. The van der Waals surface area contributed by atoms with Crippen LogP contribution >= 0.6 is 0 Å². The first kappa shape index (κ1) is 16.3. The van der Waals surface area contributed by atoms with Gasteiger partial charge in [-0.3, -0.25) is 0 Å². The van der Waals surface area contributed by atoms with Crippen LogP contribution in [0.25, 0.3) is 0 Å². The Hall–Kier alpha value is -0.740. The Kier molecular flexibility index (Phi) is 4.65. The molecular weight excluding hydrogens is 278 g/mol. The average Bonchev–Trinajstić information content (AvgIpc) is 2.09. The van der Waals surface area contributed by atoms with Crippen molar-refractivity contribution in [3.8, 4) is 0 Å². The second-order valence-corrected chi connectivity index (χ2v) is 2.81. The van der Waals surface area contributed by atoms with Crippen LogP contribution in [0.15, 0.2) is 0 Å². The largest absolute Gasteiger partial charge is 0.455 e. The summed E-state index contributed by atoms with van der Waals surface area (Å²) in [4.78, 5) is 0. The van der Waals surface area contributed by atoms with Crippen molar-refractivity contribution in [2.75, 3.05) is 6.61 Å². The van der Waals surface area contributed by atoms with Gasteiger partial charge in [0.25, 0.3) is 6.17 Å². The molecule has 0 N–H and O–H groups in total. The molecule has 11 heteroatoms. The van der Waals surface area contributed by atoms with Gasteiger partial charge in [-0.05, 0) is 0 Å². The fourth-order valence-electron chi connectivity index (χ4n) is 0.499. The third-order valence-corrected chi connectivity index (χ3v) is 1.38. The molecule has 0 bridgehead atoms. The van der Waals surface area contributed by atoms with E-state index >= 15 is 0 Å². The SMILES string of the molecule is FC(OCC(F)(F)C(F)(F)F)C(F)C(F)(F)F. The van der Waals surface area contributed by atoms with E-state index in [1.165, 1.54) is 0 Å². The molecule has 104 valence electrons. The summed E-state index contributed by atoms with van der Waals surface area (Å²) in [6.07, 6.45) is -20.1. The van der Waals surface area contributed by atoms with E-state index in [2.05, 4.69) is 4.74 Å². The molecule has 0 rings (SSSR count). The van der Waals surface area contributed by atoms with E-state index in [4.69, 9.17) is 0 Å². The van der Waals surface area contributed by atoms with Gasteiger partial charge in [0.1, 0.15) is 6.61 Å². The lowest BCUT2D eigenvalue weighted by Crippen LogP contribution is -2.44. The van der Waals surface area contributed by atoms with Crippen LogP contribution in [0.3, 0.4) is 0 Å². The van der Waals surface area contributed by atoms with Gasteiger partial charge in [0.2, 0.25) is 6.36 Å². The molecule has 0 fully saturated rings. The second kappa shape index (κ2) is 4.86. The third-order valence-electron chi connectivity index (χ3n) is 1.38. The molecule has 0 aliphatic rings. The molecule has 0 amide bonds. The minimum Gasteiger partial charge on any atom is -0.339 e. The predicted octanol–water partition coefficient (Wildman–Crippen LogP) is 3.40. The topological polar surface area (TPSA) is 9.23 Å². The monoisotopic (exact) mass is 282 g/mol. The molecule has 0 aromatic heterocycles. The molecule has 0 spiro atoms. The van der Waals surface area contributed by atoms with E-state index in [0.717, 1.165) is 0 Å². The smallest absolute Gasteiger partial charge is 0.339 e. The quantitative estimate of drug-likeness (QED) is 0.718. The summed E-state index contributed by atoms with van der Waals surface area (Å²) in [6.45, 7) is -2.74. The number of rotatable bonds is 4. The van der Waals surface area contributed by atoms with Crippen LogP contribution in [0.5, 0.6) is 0 Å². The Morgan fingerprint density at radius 2 is 1.24 bits per heavy atom. The van der Waals surface area contributed by atoms with E-state index in [-0.39, 0.29) is 0 Å². The van der Waals surface area contributed by atoms with Gasteiger partial charge in [-0.1, -0.05) is 0 Å². The highest BCUT2D eigenvalue weighted by atomic mass is 19.4. The highest BCUT2D eigenvalue weighted by Crippen LogP contribution is 2.36. The summed E-state index contributed by atoms with van der Waals surface area (Å²) in [5, 5.41) is 0. The first-order valence-corrected chi connectivity index (χ1v) is 3.70. The van der Waals surface area contributed by atoms with E-state index in [1.54, 1.807) is 0 Å². The van der Waals surface area contributed by atoms with Gasteiger partial charge in [-0.2, -0.15) is 35.1 Å². The summed E-state index contributed by atoms with van der Waals surface area (Å²) >= 11 is 0. The standard InChI is InChI=1S/C6H4F10O/c7-2(5(11,12)13)3(8)17-1-4(9,10)6(14,15)16/h2-3H,1H2. The summed E-state index contributed by atoms with van der Waals surface area (Å²) in [7, 11) is 0. The molecule has 0 aromatic rings. The summed E-state index contributed by atoms with van der Waals surface area (Å²) < 4.78 is 120. The molecule has 17 heavy (non-hydrogen) atoms. The van der Waals surface area contributed by atoms with Gasteiger partial charge in [0.05, 0.1) is 0 Å². The van der Waals surface area contributed by atoms with Gasteiger partial charge < -0.3 is 4.74 Å². The Balaban J connectivity index is 4.40. The first-order chi connectivity index (χ1) is 7.29. The van der Waals surface area contributed by atoms with Crippen molar-refractivity contribution >= 4 is 0 Å². The van der Waals surface area contributed by atoms with Gasteiger partial charge in [0, 0.05) is 0 Å². The van der Waals surface area contributed by atoms with Gasteiger partial charge in [-0.25, -0.2) is 8.78 Å². The van der Waals surface area contributed by atoms with Crippen LogP contribution in [-0.2, 0) is 4.74 Å². The van der Waals surface area contributed by atoms with Crippen LogP contribution in [0.2, 0.25) is 0 Å². The fourth-order valence-corrected chi connectivity index (χ4v) is 0.499. The fraction of sp³-hybridized carbons (Fsp3) is 1.00. The van der Waals surface area contributed by atoms with E-state index in [0.29, 0.717) is 0 Å². The van der Waals surface area contributed by atoms with Crippen molar-refractivity contribution in [2.24, 2.45) is 0 Å². The van der Waals surface area contributed by atoms with Crippen LogP contribution in [0, 0.1) is 0 Å². The zero-order valence-corrected chi connectivity index (χ0v) is 7.55. The maximum Gasteiger partial charge on any atom is 0.455 e. The Morgan fingerprint density at radius 3 is 1.53 bits per heavy atom. The zero-order chi connectivity index (χ0) is 14.1. The number of hydrogen-bond acceptors (Lipinski definition) is 1. The zero-order valence-electron chi connectivity index (χ0n) is 7.55. The van der Waals surface area contributed by atoms with E-state index < -0.39 is 37.4 Å². The second-order valence-electron chi connectivity index (χ2n) is 2.81. The number of hydrogen-bond donors (Lipinski definition) is 0. The maximum absolute atomic E-state index is 12.2. The molecule has 0 saturated carbocycles. The Labute approximate surface area is 87.3 Å². The lowest BCUT2D eigenvalue weighted by Gasteiger charge is -2.22. The van der Waals surface area contributed by atoms with Crippen molar-refractivity contribution in [1.82, 2.24) is 0 Å².